The van der Waals surface area contributed by atoms with Gasteiger partial charge in [0.25, 0.3) is 0 Å². The largest absolute Gasteiger partial charge is 0.481 e. The Morgan fingerprint density at radius 2 is 1.88 bits per heavy atom. The van der Waals surface area contributed by atoms with Gasteiger partial charge in [-0.25, -0.2) is 4.68 Å². The summed E-state index contributed by atoms with van der Waals surface area (Å²) in [6.07, 6.45) is -6.52. The highest BCUT2D eigenvalue weighted by Crippen LogP contribution is 2.42. The van der Waals surface area contributed by atoms with Gasteiger partial charge in [0, 0.05) is 0 Å². The van der Waals surface area contributed by atoms with Crippen LogP contribution in [-0.2, 0) is 17.3 Å². The van der Waals surface area contributed by atoms with Gasteiger partial charge in [-0.15, -0.1) is 5.10 Å². The van der Waals surface area contributed by atoms with Crippen LogP contribution in [0.15, 0.2) is 0 Å². The summed E-state index contributed by atoms with van der Waals surface area (Å²) in [6.45, 7) is -0.677. The van der Waals surface area contributed by atoms with Gasteiger partial charge in [-0.2, -0.15) is 22.0 Å². The number of hydrogen-bond donors (Lipinski definition) is 1. The molecule has 96 valence electrons. The van der Waals surface area contributed by atoms with Crippen molar-refractivity contribution < 1.29 is 31.9 Å². The number of nitrogens with zero attached hydrogens (tertiary/aromatic N) is 4. The van der Waals surface area contributed by atoms with Crippen molar-refractivity contribution in [2.75, 3.05) is 0 Å². The van der Waals surface area contributed by atoms with Crippen molar-refractivity contribution in [1.82, 2.24) is 20.2 Å². The molecular formula is C6H5F5N4O2. The summed E-state index contributed by atoms with van der Waals surface area (Å²) in [6, 6.07) is 0. The molecule has 0 saturated carbocycles. The van der Waals surface area contributed by atoms with Crippen LogP contribution in [0.4, 0.5) is 22.0 Å². The average Bonchev–Trinajstić information content (AvgIpc) is 2.60. The average molecular weight is 260 g/mol. The number of carboxylic acid groups (broad SMARTS) is 1. The summed E-state index contributed by atoms with van der Waals surface area (Å²) < 4.78 is 61.8. The van der Waals surface area contributed by atoms with Crippen LogP contribution in [0.2, 0.25) is 0 Å². The first-order chi connectivity index (χ1) is 7.66. The Labute approximate surface area is 90.0 Å². The highest BCUT2D eigenvalue weighted by molar-refractivity contribution is 5.66. The van der Waals surface area contributed by atoms with Crippen LogP contribution in [0.3, 0.4) is 0 Å². The van der Waals surface area contributed by atoms with Crippen molar-refractivity contribution in [3.63, 3.8) is 0 Å². The third-order valence-corrected chi connectivity index (χ3v) is 1.71. The van der Waals surface area contributed by atoms with Gasteiger partial charge in [-0.3, -0.25) is 4.79 Å². The number of tetrazole rings is 1. The summed E-state index contributed by atoms with van der Waals surface area (Å²) in [5.41, 5.74) is 0. The highest BCUT2D eigenvalue weighted by Gasteiger charge is 2.62. The van der Waals surface area contributed by atoms with Crippen molar-refractivity contribution in [3.05, 3.63) is 5.82 Å². The number of halogens is 5. The van der Waals surface area contributed by atoms with Gasteiger partial charge in [0.1, 0.15) is 0 Å². The van der Waals surface area contributed by atoms with Crippen molar-refractivity contribution in [2.24, 2.45) is 0 Å². The SMILES string of the molecule is O=C(O)CCn1nnnc1C(F)(F)C(F)(F)F. The van der Waals surface area contributed by atoms with Gasteiger partial charge in [-0.1, -0.05) is 0 Å². The molecule has 1 aromatic heterocycles. The number of rotatable bonds is 4. The molecule has 0 fully saturated rings. The first kappa shape index (κ1) is 13.3. The number of aliphatic carboxylic acids is 1. The normalized spacial score (nSPS) is 12.8. The molecule has 0 unspecified atom stereocenters. The summed E-state index contributed by atoms with van der Waals surface area (Å²) in [4.78, 5) is 10.2. The van der Waals surface area contributed by atoms with E-state index in [0.29, 0.717) is 0 Å². The van der Waals surface area contributed by atoms with Gasteiger partial charge in [0.2, 0.25) is 5.82 Å². The van der Waals surface area contributed by atoms with E-state index in [2.05, 4.69) is 15.5 Å². The Morgan fingerprint density at radius 3 is 2.35 bits per heavy atom. The molecule has 0 radical (unpaired) electrons. The first-order valence-electron chi connectivity index (χ1n) is 4.09. The monoisotopic (exact) mass is 260 g/mol. The molecule has 1 aromatic rings. The highest BCUT2D eigenvalue weighted by atomic mass is 19.4. The Bertz CT molecular complexity index is 415. The number of aromatic nitrogens is 4. The topological polar surface area (TPSA) is 80.9 Å². The molecule has 0 atom stereocenters. The van der Waals surface area contributed by atoms with Crippen LogP contribution in [0, 0.1) is 0 Å². The maximum Gasteiger partial charge on any atom is 0.461 e. The first-order valence-corrected chi connectivity index (χ1v) is 4.09. The zero-order chi connectivity index (χ0) is 13.3. The van der Waals surface area contributed by atoms with Crippen LogP contribution in [0.25, 0.3) is 0 Å². The maximum absolute atomic E-state index is 12.8. The quantitative estimate of drug-likeness (QED) is 0.810. The number of alkyl halides is 5. The van der Waals surface area contributed by atoms with Crippen molar-refractivity contribution >= 4 is 5.97 Å². The molecule has 0 aliphatic rings. The minimum Gasteiger partial charge on any atom is -0.481 e. The van der Waals surface area contributed by atoms with E-state index in [1.165, 1.54) is 0 Å². The Kier molecular flexibility index (Phi) is 3.29. The van der Waals surface area contributed by atoms with Crippen LogP contribution >= 0.6 is 0 Å². The standard InChI is InChI=1S/C6H5F5N4O2/c7-5(8,6(9,10)11)4-12-13-14-15(4)2-1-3(16)17/h1-2H2,(H,16,17). The van der Waals surface area contributed by atoms with E-state index in [9.17, 15) is 26.7 Å². The number of aryl methyl sites for hydroxylation is 1. The predicted octanol–water partition coefficient (Wildman–Crippen LogP) is 0.802. The molecule has 0 aromatic carbocycles. The molecule has 0 aliphatic carbocycles. The molecule has 0 amide bonds. The Morgan fingerprint density at radius 1 is 1.29 bits per heavy atom. The van der Waals surface area contributed by atoms with E-state index in [1.54, 1.807) is 0 Å². The van der Waals surface area contributed by atoms with Crippen molar-refractivity contribution in [3.8, 4) is 0 Å². The number of carbonyl (C=O) groups is 1. The molecule has 17 heavy (non-hydrogen) atoms. The minimum atomic E-state index is -5.84. The second-order valence-corrected chi connectivity index (χ2v) is 2.94. The van der Waals surface area contributed by atoms with Gasteiger partial charge in [0.15, 0.2) is 0 Å². The van der Waals surface area contributed by atoms with E-state index in [0.717, 1.165) is 0 Å². The van der Waals surface area contributed by atoms with Gasteiger partial charge < -0.3 is 5.11 Å². The second-order valence-electron chi connectivity index (χ2n) is 2.94. The van der Waals surface area contributed by atoms with E-state index >= 15 is 0 Å². The van der Waals surface area contributed by atoms with E-state index in [4.69, 9.17) is 5.11 Å². The molecular weight excluding hydrogens is 255 g/mol. The van der Waals surface area contributed by atoms with E-state index < -0.39 is 36.9 Å². The van der Waals surface area contributed by atoms with Crippen molar-refractivity contribution in [2.45, 2.75) is 25.1 Å². The van der Waals surface area contributed by atoms with Crippen LogP contribution < -0.4 is 0 Å². The van der Waals surface area contributed by atoms with Crippen LogP contribution in [-0.4, -0.2) is 37.5 Å². The van der Waals surface area contributed by atoms with E-state index in [-0.39, 0.29) is 4.68 Å². The third-order valence-electron chi connectivity index (χ3n) is 1.71. The summed E-state index contributed by atoms with van der Waals surface area (Å²) >= 11 is 0. The zero-order valence-corrected chi connectivity index (χ0v) is 7.95. The maximum atomic E-state index is 12.8. The lowest BCUT2D eigenvalue weighted by Gasteiger charge is -2.18. The predicted molar refractivity (Wildman–Crippen MR) is 40.0 cm³/mol. The van der Waals surface area contributed by atoms with Crippen LogP contribution in [0.5, 0.6) is 0 Å². The fourth-order valence-electron chi connectivity index (χ4n) is 0.908. The van der Waals surface area contributed by atoms with Gasteiger partial charge >= 0.3 is 18.1 Å². The molecule has 0 spiro atoms. The van der Waals surface area contributed by atoms with Crippen LogP contribution in [0.1, 0.15) is 12.2 Å². The molecule has 1 rings (SSSR count). The summed E-state index contributed by atoms with van der Waals surface area (Å²) in [5, 5.41) is 16.4. The molecule has 11 heteroatoms. The fourth-order valence-corrected chi connectivity index (χ4v) is 0.908. The second kappa shape index (κ2) is 4.22. The molecule has 6 nitrogen and oxygen atoms in total. The minimum absolute atomic E-state index is 0.113. The van der Waals surface area contributed by atoms with Crippen molar-refractivity contribution in [1.29, 1.82) is 0 Å². The Hall–Kier alpha value is -1.81. The molecule has 0 aliphatic heterocycles. The molecule has 0 bridgehead atoms. The summed E-state index contributed by atoms with van der Waals surface area (Å²) in [5.74, 6) is -8.33. The Balaban J connectivity index is 2.99. The zero-order valence-electron chi connectivity index (χ0n) is 7.95. The lowest BCUT2D eigenvalue weighted by molar-refractivity contribution is -0.293. The lowest BCUT2D eigenvalue weighted by Crippen LogP contribution is -2.36. The molecule has 1 N–H and O–H groups in total. The third kappa shape index (κ3) is 2.65. The van der Waals surface area contributed by atoms with Gasteiger partial charge in [0.05, 0.1) is 13.0 Å². The van der Waals surface area contributed by atoms with E-state index in [1.807, 2.05) is 0 Å². The number of carboxylic acids is 1. The fraction of sp³-hybridized carbons (Fsp3) is 0.667. The summed E-state index contributed by atoms with van der Waals surface area (Å²) in [7, 11) is 0. The van der Waals surface area contributed by atoms with Gasteiger partial charge in [-0.05, 0) is 10.4 Å². The number of hydrogen-bond acceptors (Lipinski definition) is 4. The molecule has 1 heterocycles. The molecule has 0 saturated heterocycles. The smallest absolute Gasteiger partial charge is 0.461 e. The lowest BCUT2D eigenvalue weighted by atomic mass is 10.3.